The zero-order chi connectivity index (χ0) is 27.6. The van der Waals surface area contributed by atoms with Crippen LogP contribution in [0.5, 0.6) is 0 Å². The van der Waals surface area contributed by atoms with Crippen molar-refractivity contribution in [2.24, 2.45) is 0 Å². The van der Waals surface area contributed by atoms with E-state index in [9.17, 15) is 0 Å². The Kier molecular flexibility index (Phi) is 10.4. The molecule has 0 bridgehead atoms. The molecule has 40 heavy (non-hydrogen) atoms. The van der Waals surface area contributed by atoms with E-state index >= 15 is 0 Å². The van der Waals surface area contributed by atoms with Crippen LogP contribution in [0.4, 0.5) is 0 Å². The molecule has 8 nitrogen and oxygen atoms in total. The number of methoxy groups -OCH3 is 2. The van der Waals surface area contributed by atoms with E-state index in [0.29, 0.717) is 66.1 Å². The molecule has 0 aliphatic rings. The van der Waals surface area contributed by atoms with E-state index in [4.69, 9.17) is 28.4 Å². The molecule has 5 rings (SSSR count). The Morgan fingerprint density at radius 1 is 0.425 bits per heavy atom. The predicted octanol–water partition coefficient (Wildman–Crippen LogP) is 5.26. The van der Waals surface area contributed by atoms with Gasteiger partial charge in [-0.2, -0.15) is 0 Å². The number of fused-ring (bicyclic) bond motifs is 6. The predicted molar refractivity (Wildman–Crippen MR) is 159 cm³/mol. The van der Waals surface area contributed by atoms with Gasteiger partial charge >= 0.3 is 0 Å². The number of benzene rings is 3. The second kappa shape index (κ2) is 14.6. The van der Waals surface area contributed by atoms with E-state index in [0.717, 1.165) is 13.1 Å². The van der Waals surface area contributed by atoms with Crippen LogP contribution in [0.25, 0.3) is 43.6 Å². The average molecular weight is 549 g/mol. The van der Waals surface area contributed by atoms with Gasteiger partial charge < -0.3 is 37.6 Å². The van der Waals surface area contributed by atoms with E-state index in [-0.39, 0.29) is 0 Å². The molecule has 0 radical (unpaired) electrons. The lowest BCUT2D eigenvalue weighted by Crippen LogP contribution is -2.12. The molecule has 0 atom stereocenters. The molecule has 8 heteroatoms. The van der Waals surface area contributed by atoms with Crippen molar-refractivity contribution in [2.75, 3.05) is 80.3 Å². The first-order chi connectivity index (χ1) is 19.8. The normalized spacial score (nSPS) is 12.1. The first kappa shape index (κ1) is 28.5. The number of hydrogen-bond donors (Lipinski definition) is 0. The minimum atomic E-state index is 0.569. The van der Waals surface area contributed by atoms with Crippen LogP contribution in [0.3, 0.4) is 0 Å². The molecule has 0 saturated heterocycles. The van der Waals surface area contributed by atoms with Crippen LogP contribution in [0, 0.1) is 0 Å². The average Bonchev–Trinajstić information content (AvgIpc) is 3.46. The molecule has 0 spiro atoms. The van der Waals surface area contributed by atoms with Gasteiger partial charge in [0.25, 0.3) is 0 Å². The van der Waals surface area contributed by atoms with E-state index in [1.54, 1.807) is 14.2 Å². The minimum absolute atomic E-state index is 0.569. The number of rotatable bonds is 18. The molecule has 0 amide bonds. The van der Waals surface area contributed by atoms with Crippen LogP contribution in [-0.2, 0) is 41.5 Å². The summed E-state index contributed by atoms with van der Waals surface area (Å²) in [6.45, 7) is 7.44. The van der Waals surface area contributed by atoms with Gasteiger partial charge in [-0.25, -0.2) is 0 Å². The first-order valence-corrected chi connectivity index (χ1v) is 14.0. The molecule has 214 valence electrons. The molecule has 0 aliphatic heterocycles. The fourth-order valence-corrected chi connectivity index (χ4v) is 5.31. The van der Waals surface area contributed by atoms with Gasteiger partial charge in [0, 0.05) is 70.9 Å². The SMILES string of the molecule is COCCOCCOCCn1c2ccccc2c2cc3c(cc21)c1ccccc1n3CCOCCOCCOC. The lowest BCUT2D eigenvalue weighted by molar-refractivity contribution is 0.0234. The maximum atomic E-state index is 5.92. The lowest BCUT2D eigenvalue weighted by Gasteiger charge is -2.10. The maximum Gasteiger partial charge on any atom is 0.0701 e. The summed E-state index contributed by atoms with van der Waals surface area (Å²) in [6, 6.07) is 22.0. The molecular weight excluding hydrogens is 508 g/mol. The van der Waals surface area contributed by atoms with Crippen LogP contribution < -0.4 is 0 Å². The molecule has 0 saturated carbocycles. The summed E-state index contributed by atoms with van der Waals surface area (Å²) >= 11 is 0. The van der Waals surface area contributed by atoms with Crippen LogP contribution in [-0.4, -0.2) is 89.4 Å². The van der Waals surface area contributed by atoms with Crippen LogP contribution in [0.15, 0.2) is 60.7 Å². The van der Waals surface area contributed by atoms with Gasteiger partial charge in [-0.05, 0) is 24.3 Å². The molecular formula is C32H40N2O6. The highest BCUT2D eigenvalue weighted by molar-refractivity contribution is 6.17. The summed E-state index contributed by atoms with van der Waals surface area (Å²) in [7, 11) is 3.35. The van der Waals surface area contributed by atoms with Crippen molar-refractivity contribution < 1.29 is 28.4 Å². The number of nitrogens with zero attached hydrogens (tertiary/aromatic N) is 2. The number of ether oxygens (including phenoxy) is 6. The Labute approximate surface area is 235 Å². The summed E-state index contributed by atoms with van der Waals surface area (Å²) in [5.41, 5.74) is 4.89. The van der Waals surface area contributed by atoms with Crippen molar-refractivity contribution in [1.29, 1.82) is 0 Å². The van der Waals surface area contributed by atoms with Gasteiger partial charge in [-0.1, -0.05) is 36.4 Å². The summed E-state index contributed by atoms with van der Waals surface area (Å²) in [4.78, 5) is 0. The first-order valence-electron chi connectivity index (χ1n) is 14.0. The topological polar surface area (TPSA) is 65.2 Å². The summed E-state index contributed by atoms with van der Waals surface area (Å²) in [5.74, 6) is 0. The van der Waals surface area contributed by atoms with Crippen LogP contribution in [0.2, 0.25) is 0 Å². The van der Waals surface area contributed by atoms with Crippen molar-refractivity contribution >= 4 is 43.6 Å². The standard InChI is InChI=1S/C32H40N2O6/c1-35-15-17-39-21-19-37-13-11-33-29-9-5-3-7-25(29)27-24-32-28(23-31(27)33)26-8-4-6-10-30(26)34(32)12-14-38-20-22-40-18-16-36-2/h3-10,23-24H,11-22H2,1-2H3. The molecule has 0 N–H and O–H groups in total. The molecule has 2 aromatic heterocycles. The molecule has 0 fully saturated rings. The number of hydrogen-bond acceptors (Lipinski definition) is 6. The Hall–Kier alpha value is -2.98. The van der Waals surface area contributed by atoms with Gasteiger partial charge in [-0.3, -0.25) is 0 Å². The minimum Gasteiger partial charge on any atom is -0.382 e. The van der Waals surface area contributed by atoms with E-state index in [1.807, 2.05) is 0 Å². The van der Waals surface area contributed by atoms with E-state index in [2.05, 4.69) is 69.8 Å². The Morgan fingerprint density at radius 2 is 0.800 bits per heavy atom. The molecule has 3 aromatic carbocycles. The fraction of sp³-hybridized carbons (Fsp3) is 0.438. The van der Waals surface area contributed by atoms with Crippen molar-refractivity contribution in [3.63, 3.8) is 0 Å². The summed E-state index contributed by atoms with van der Waals surface area (Å²) in [6.07, 6.45) is 0. The van der Waals surface area contributed by atoms with Gasteiger partial charge in [0.2, 0.25) is 0 Å². The quantitative estimate of drug-likeness (QED) is 0.139. The highest BCUT2D eigenvalue weighted by Crippen LogP contribution is 2.36. The molecule has 2 heterocycles. The van der Waals surface area contributed by atoms with Crippen LogP contribution in [0.1, 0.15) is 0 Å². The van der Waals surface area contributed by atoms with Gasteiger partial charge in [0.05, 0.1) is 66.1 Å². The molecule has 0 unspecified atom stereocenters. The number of para-hydroxylation sites is 2. The Bertz CT molecular complexity index is 1390. The smallest absolute Gasteiger partial charge is 0.0701 e. The third-order valence-electron chi connectivity index (χ3n) is 7.19. The Morgan fingerprint density at radius 3 is 1.23 bits per heavy atom. The van der Waals surface area contributed by atoms with Crippen molar-refractivity contribution in [1.82, 2.24) is 9.13 Å². The molecule has 0 aliphatic carbocycles. The second-order valence-electron chi connectivity index (χ2n) is 9.66. The fourth-order valence-electron chi connectivity index (χ4n) is 5.31. The van der Waals surface area contributed by atoms with Crippen molar-refractivity contribution in [3.8, 4) is 0 Å². The monoisotopic (exact) mass is 548 g/mol. The highest BCUT2D eigenvalue weighted by atomic mass is 16.5. The van der Waals surface area contributed by atoms with Crippen molar-refractivity contribution in [2.45, 2.75) is 13.1 Å². The van der Waals surface area contributed by atoms with Gasteiger partial charge in [0.1, 0.15) is 0 Å². The number of aromatic nitrogens is 2. The third-order valence-corrected chi connectivity index (χ3v) is 7.19. The zero-order valence-electron chi connectivity index (χ0n) is 23.6. The van der Waals surface area contributed by atoms with Gasteiger partial charge in [0.15, 0.2) is 0 Å². The zero-order valence-corrected chi connectivity index (χ0v) is 23.6. The van der Waals surface area contributed by atoms with E-state index < -0.39 is 0 Å². The summed E-state index contributed by atoms with van der Waals surface area (Å²) < 4.78 is 37.7. The van der Waals surface area contributed by atoms with Crippen LogP contribution >= 0.6 is 0 Å². The summed E-state index contributed by atoms with van der Waals surface area (Å²) in [5, 5.41) is 5.01. The Balaban J connectivity index is 1.38. The highest BCUT2D eigenvalue weighted by Gasteiger charge is 2.16. The largest absolute Gasteiger partial charge is 0.382 e. The van der Waals surface area contributed by atoms with E-state index in [1.165, 1.54) is 43.6 Å². The lowest BCUT2D eigenvalue weighted by atomic mass is 10.1. The molecule has 5 aromatic rings. The second-order valence-corrected chi connectivity index (χ2v) is 9.66. The maximum absolute atomic E-state index is 5.92. The third kappa shape index (κ3) is 6.49. The van der Waals surface area contributed by atoms with Gasteiger partial charge in [-0.15, -0.1) is 0 Å². The van der Waals surface area contributed by atoms with Crippen molar-refractivity contribution in [3.05, 3.63) is 60.7 Å².